The molecule has 2 aromatic rings. The summed E-state index contributed by atoms with van der Waals surface area (Å²) in [5, 5.41) is 0. The van der Waals surface area contributed by atoms with Gasteiger partial charge in [-0.25, -0.2) is 9.97 Å². The van der Waals surface area contributed by atoms with Gasteiger partial charge in [-0.15, -0.1) is 0 Å². The van der Waals surface area contributed by atoms with Gasteiger partial charge in [-0.2, -0.15) is 0 Å². The van der Waals surface area contributed by atoms with Crippen LogP contribution in [-0.4, -0.2) is 23.2 Å². The Bertz CT molecular complexity index is 599. The van der Waals surface area contributed by atoms with E-state index in [4.69, 9.17) is 15.2 Å². The van der Waals surface area contributed by atoms with Crippen LogP contribution in [0.2, 0.25) is 0 Å². The van der Waals surface area contributed by atoms with Crippen molar-refractivity contribution in [3.05, 3.63) is 30.0 Å². The molecular formula is C13H13N3O2. The van der Waals surface area contributed by atoms with E-state index in [2.05, 4.69) is 9.97 Å². The lowest BCUT2D eigenvalue weighted by Gasteiger charge is -2.19. The zero-order valence-electron chi connectivity index (χ0n) is 10.0. The van der Waals surface area contributed by atoms with Crippen LogP contribution in [0.5, 0.6) is 11.5 Å². The Balaban J connectivity index is 2.09. The first-order chi connectivity index (χ1) is 8.74. The molecule has 1 aliphatic rings. The lowest BCUT2D eigenvalue weighted by atomic mass is 10.1. The van der Waals surface area contributed by atoms with Crippen LogP contribution in [-0.2, 0) is 0 Å². The number of aromatic nitrogens is 2. The molecule has 0 bridgehead atoms. The second-order valence-corrected chi connectivity index (χ2v) is 4.12. The molecule has 18 heavy (non-hydrogen) atoms. The molecule has 3 rings (SSSR count). The van der Waals surface area contributed by atoms with E-state index in [0.717, 1.165) is 28.3 Å². The average Bonchev–Trinajstić information content (AvgIpc) is 2.41. The molecule has 2 heterocycles. The van der Waals surface area contributed by atoms with Gasteiger partial charge in [0, 0.05) is 11.8 Å². The predicted octanol–water partition coefficient (Wildman–Crippen LogP) is 1.81. The molecule has 0 fully saturated rings. The van der Waals surface area contributed by atoms with Crippen LogP contribution in [0.3, 0.4) is 0 Å². The van der Waals surface area contributed by atoms with E-state index < -0.39 is 0 Å². The molecular weight excluding hydrogens is 230 g/mol. The Morgan fingerprint density at radius 2 is 1.94 bits per heavy atom. The first-order valence-corrected chi connectivity index (χ1v) is 5.73. The number of aryl methyl sites for hydroxylation is 1. The predicted molar refractivity (Wildman–Crippen MR) is 67.6 cm³/mol. The summed E-state index contributed by atoms with van der Waals surface area (Å²) < 4.78 is 11.0. The minimum absolute atomic E-state index is 0.269. The summed E-state index contributed by atoms with van der Waals surface area (Å²) in [6, 6.07) is 5.76. The third-order valence-corrected chi connectivity index (χ3v) is 2.81. The number of benzene rings is 1. The number of anilines is 1. The highest BCUT2D eigenvalue weighted by atomic mass is 16.6. The van der Waals surface area contributed by atoms with E-state index in [1.807, 2.05) is 25.1 Å². The van der Waals surface area contributed by atoms with Crippen molar-refractivity contribution in [1.82, 2.24) is 9.97 Å². The largest absolute Gasteiger partial charge is 0.486 e. The van der Waals surface area contributed by atoms with Gasteiger partial charge in [0.15, 0.2) is 11.5 Å². The molecule has 0 atom stereocenters. The molecule has 0 unspecified atom stereocenters. The number of fused-ring (bicyclic) bond motifs is 1. The molecule has 0 saturated heterocycles. The molecule has 0 aliphatic carbocycles. The third kappa shape index (κ3) is 1.84. The molecule has 0 radical (unpaired) electrons. The molecule has 1 aromatic carbocycles. The van der Waals surface area contributed by atoms with Gasteiger partial charge in [0.25, 0.3) is 0 Å². The zero-order chi connectivity index (χ0) is 12.5. The van der Waals surface area contributed by atoms with E-state index in [1.165, 1.54) is 0 Å². The van der Waals surface area contributed by atoms with Crippen molar-refractivity contribution < 1.29 is 9.47 Å². The maximum absolute atomic E-state index is 5.62. The molecule has 0 amide bonds. The fourth-order valence-corrected chi connectivity index (χ4v) is 1.94. The highest BCUT2D eigenvalue weighted by Crippen LogP contribution is 2.34. The molecule has 92 valence electrons. The maximum Gasteiger partial charge on any atom is 0.220 e. The first-order valence-electron chi connectivity index (χ1n) is 5.73. The fraction of sp³-hybridized carbons (Fsp3) is 0.231. The fourth-order valence-electron chi connectivity index (χ4n) is 1.94. The number of ether oxygens (including phenoxy) is 2. The smallest absolute Gasteiger partial charge is 0.220 e. The van der Waals surface area contributed by atoms with Gasteiger partial charge in [0.1, 0.15) is 13.2 Å². The van der Waals surface area contributed by atoms with Gasteiger partial charge in [-0.1, -0.05) is 0 Å². The van der Waals surface area contributed by atoms with Gasteiger partial charge >= 0.3 is 0 Å². The minimum atomic E-state index is 0.269. The lowest BCUT2D eigenvalue weighted by molar-refractivity contribution is 0.171. The standard InChI is InChI=1S/C13H13N3O2/c1-8-7-15-13(14)16-12(8)9-2-3-10-11(6-9)18-5-4-17-10/h2-3,6-7H,4-5H2,1H3,(H2,14,15,16). The van der Waals surface area contributed by atoms with Crippen molar-refractivity contribution in [2.45, 2.75) is 6.92 Å². The SMILES string of the molecule is Cc1cnc(N)nc1-c1ccc2c(c1)OCCO2. The van der Waals surface area contributed by atoms with Crippen molar-refractivity contribution in [3.8, 4) is 22.8 Å². The Hall–Kier alpha value is -2.30. The number of hydrogen-bond acceptors (Lipinski definition) is 5. The van der Waals surface area contributed by atoms with Gasteiger partial charge in [0.2, 0.25) is 5.95 Å². The Morgan fingerprint density at radius 1 is 1.17 bits per heavy atom. The zero-order valence-corrected chi connectivity index (χ0v) is 10.0. The van der Waals surface area contributed by atoms with Crippen LogP contribution in [0.4, 0.5) is 5.95 Å². The van der Waals surface area contributed by atoms with Crippen LogP contribution >= 0.6 is 0 Å². The van der Waals surface area contributed by atoms with Crippen molar-refractivity contribution in [3.63, 3.8) is 0 Å². The summed E-state index contributed by atoms with van der Waals surface area (Å²) in [7, 11) is 0. The van der Waals surface area contributed by atoms with Crippen molar-refractivity contribution in [2.75, 3.05) is 18.9 Å². The van der Waals surface area contributed by atoms with Crippen molar-refractivity contribution in [2.24, 2.45) is 0 Å². The molecule has 0 saturated carbocycles. The van der Waals surface area contributed by atoms with Crippen LogP contribution in [0.1, 0.15) is 5.56 Å². The molecule has 1 aromatic heterocycles. The topological polar surface area (TPSA) is 70.3 Å². The summed E-state index contributed by atoms with van der Waals surface area (Å²) in [6.45, 7) is 3.11. The summed E-state index contributed by atoms with van der Waals surface area (Å²) >= 11 is 0. The van der Waals surface area contributed by atoms with E-state index in [0.29, 0.717) is 13.2 Å². The van der Waals surface area contributed by atoms with Gasteiger partial charge in [-0.05, 0) is 30.7 Å². The Kier molecular flexibility index (Phi) is 2.51. The normalized spacial score (nSPS) is 13.4. The molecule has 5 nitrogen and oxygen atoms in total. The van der Waals surface area contributed by atoms with Crippen molar-refractivity contribution >= 4 is 5.95 Å². The second-order valence-electron chi connectivity index (χ2n) is 4.12. The van der Waals surface area contributed by atoms with Crippen LogP contribution in [0, 0.1) is 6.92 Å². The number of hydrogen-bond donors (Lipinski definition) is 1. The van der Waals surface area contributed by atoms with E-state index in [-0.39, 0.29) is 5.95 Å². The number of nitrogens with two attached hydrogens (primary N) is 1. The number of nitrogens with zero attached hydrogens (tertiary/aromatic N) is 2. The lowest BCUT2D eigenvalue weighted by Crippen LogP contribution is -2.15. The molecule has 1 aliphatic heterocycles. The number of nitrogen functional groups attached to an aromatic ring is 1. The van der Waals surface area contributed by atoms with E-state index >= 15 is 0 Å². The van der Waals surface area contributed by atoms with Crippen molar-refractivity contribution in [1.29, 1.82) is 0 Å². The summed E-state index contributed by atoms with van der Waals surface area (Å²) in [6.07, 6.45) is 1.72. The van der Waals surface area contributed by atoms with Crippen LogP contribution < -0.4 is 15.2 Å². The monoisotopic (exact) mass is 243 g/mol. The van der Waals surface area contributed by atoms with Gasteiger partial charge in [0.05, 0.1) is 5.69 Å². The molecule has 5 heteroatoms. The quantitative estimate of drug-likeness (QED) is 0.827. The number of rotatable bonds is 1. The van der Waals surface area contributed by atoms with Gasteiger partial charge < -0.3 is 15.2 Å². The highest BCUT2D eigenvalue weighted by Gasteiger charge is 2.14. The molecule has 2 N–H and O–H groups in total. The average molecular weight is 243 g/mol. The molecule has 0 spiro atoms. The Morgan fingerprint density at radius 3 is 2.78 bits per heavy atom. The maximum atomic E-state index is 5.62. The van der Waals surface area contributed by atoms with Crippen LogP contribution in [0.15, 0.2) is 24.4 Å². The highest BCUT2D eigenvalue weighted by molar-refractivity contribution is 5.67. The summed E-state index contributed by atoms with van der Waals surface area (Å²) in [4.78, 5) is 8.23. The van der Waals surface area contributed by atoms with E-state index in [9.17, 15) is 0 Å². The van der Waals surface area contributed by atoms with Crippen LogP contribution in [0.25, 0.3) is 11.3 Å². The summed E-state index contributed by atoms with van der Waals surface area (Å²) in [5.74, 6) is 1.78. The van der Waals surface area contributed by atoms with Gasteiger partial charge in [-0.3, -0.25) is 0 Å². The first kappa shape index (κ1) is 10.8. The Labute approximate surface area is 105 Å². The summed E-state index contributed by atoms with van der Waals surface area (Å²) in [5.41, 5.74) is 8.37. The van der Waals surface area contributed by atoms with E-state index in [1.54, 1.807) is 6.20 Å². The third-order valence-electron chi connectivity index (χ3n) is 2.81. The second kappa shape index (κ2) is 4.18. The minimum Gasteiger partial charge on any atom is -0.486 e.